The van der Waals surface area contributed by atoms with E-state index in [1.165, 1.54) is 18.9 Å². The van der Waals surface area contributed by atoms with E-state index >= 15 is 0 Å². The Hall–Kier alpha value is -2.61. The number of thioether (sulfide) groups is 1. The van der Waals surface area contributed by atoms with Crippen LogP contribution in [-0.2, 0) is 9.53 Å². The van der Waals surface area contributed by atoms with Crippen molar-refractivity contribution < 1.29 is 14.3 Å². The summed E-state index contributed by atoms with van der Waals surface area (Å²) in [5.74, 6) is 1.30. The molecule has 0 unspecified atom stereocenters. The van der Waals surface area contributed by atoms with Gasteiger partial charge >= 0.3 is 5.97 Å². The first-order valence-corrected chi connectivity index (χ1v) is 7.76. The first-order chi connectivity index (χ1) is 11.2. The lowest BCUT2D eigenvalue weighted by Crippen LogP contribution is -2.04. The molecule has 2 heterocycles. The lowest BCUT2D eigenvalue weighted by Gasteiger charge is -2.03. The van der Waals surface area contributed by atoms with Gasteiger partial charge in [-0.05, 0) is 36.4 Å². The highest BCUT2D eigenvalue weighted by atomic mass is 32.2. The zero-order valence-corrected chi connectivity index (χ0v) is 13.4. The van der Waals surface area contributed by atoms with E-state index in [1.54, 1.807) is 17.7 Å². The van der Waals surface area contributed by atoms with Gasteiger partial charge in [-0.15, -0.1) is 10.2 Å². The number of benzene rings is 1. The fourth-order valence-electron chi connectivity index (χ4n) is 1.96. The average Bonchev–Trinajstić information content (AvgIpc) is 3.02. The van der Waals surface area contributed by atoms with Gasteiger partial charge in [0.15, 0.2) is 11.5 Å². The van der Waals surface area contributed by atoms with Crippen LogP contribution in [-0.4, -0.2) is 45.8 Å². The van der Waals surface area contributed by atoms with E-state index in [2.05, 4.69) is 20.0 Å². The molecule has 0 fully saturated rings. The maximum absolute atomic E-state index is 11.2. The maximum atomic E-state index is 11.2. The second-order valence-electron chi connectivity index (χ2n) is 4.56. The number of nitrogens with zero attached hydrogens (tertiary/aromatic N) is 4. The predicted molar refractivity (Wildman–Crippen MR) is 85.5 cm³/mol. The van der Waals surface area contributed by atoms with Gasteiger partial charge in [0.2, 0.25) is 0 Å². The van der Waals surface area contributed by atoms with Crippen LogP contribution in [0.2, 0.25) is 0 Å². The Kier molecular flexibility index (Phi) is 4.42. The Balaban J connectivity index is 1.92. The SMILES string of the molecule is COC(=O)CSc1ccc2nnc(-c3ccc(OC)cc3)n2n1. The molecular weight excluding hydrogens is 316 g/mol. The number of rotatable bonds is 5. The summed E-state index contributed by atoms with van der Waals surface area (Å²) in [6, 6.07) is 11.1. The van der Waals surface area contributed by atoms with Crippen LogP contribution < -0.4 is 4.74 Å². The highest BCUT2D eigenvalue weighted by Crippen LogP contribution is 2.22. The summed E-state index contributed by atoms with van der Waals surface area (Å²) in [4.78, 5) is 11.2. The number of aromatic nitrogens is 4. The van der Waals surface area contributed by atoms with Gasteiger partial charge in [0.05, 0.1) is 20.0 Å². The van der Waals surface area contributed by atoms with Gasteiger partial charge in [0.1, 0.15) is 10.8 Å². The van der Waals surface area contributed by atoms with E-state index in [0.29, 0.717) is 16.5 Å². The quantitative estimate of drug-likeness (QED) is 0.523. The molecule has 7 nitrogen and oxygen atoms in total. The van der Waals surface area contributed by atoms with Gasteiger partial charge in [-0.3, -0.25) is 4.79 Å². The predicted octanol–water partition coefficient (Wildman–Crippen LogP) is 2.06. The summed E-state index contributed by atoms with van der Waals surface area (Å²) in [7, 11) is 2.98. The van der Waals surface area contributed by atoms with Crippen LogP contribution in [0.5, 0.6) is 5.75 Å². The molecule has 8 heteroatoms. The Morgan fingerprint density at radius 2 is 1.91 bits per heavy atom. The third kappa shape index (κ3) is 3.26. The summed E-state index contributed by atoms with van der Waals surface area (Å²) in [5, 5.41) is 13.5. The average molecular weight is 330 g/mol. The maximum Gasteiger partial charge on any atom is 0.316 e. The van der Waals surface area contributed by atoms with Crippen LogP contribution >= 0.6 is 11.8 Å². The minimum atomic E-state index is -0.295. The van der Waals surface area contributed by atoms with Crippen molar-refractivity contribution in [1.82, 2.24) is 19.8 Å². The molecule has 0 N–H and O–H groups in total. The summed E-state index contributed by atoms with van der Waals surface area (Å²) < 4.78 is 11.4. The Labute approximate surface area is 136 Å². The highest BCUT2D eigenvalue weighted by Gasteiger charge is 2.11. The summed E-state index contributed by atoms with van der Waals surface area (Å²) in [6.45, 7) is 0. The third-order valence-electron chi connectivity index (χ3n) is 3.15. The number of fused-ring (bicyclic) bond motifs is 1. The number of carbonyl (C=O) groups is 1. The van der Waals surface area contributed by atoms with Gasteiger partial charge in [0.25, 0.3) is 0 Å². The normalized spacial score (nSPS) is 10.7. The van der Waals surface area contributed by atoms with E-state index in [1.807, 2.05) is 30.3 Å². The van der Waals surface area contributed by atoms with Gasteiger partial charge in [-0.25, -0.2) is 0 Å². The highest BCUT2D eigenvalue weighted by molar-refractivity contribution is 7.99. The molecule has 0 aliphatic heterocycles. The molecule has 2 aromatic heterocycles. The first kappa shape index (κ1) is 15.3. The molecule has 0 aliphatic rings. The number of hydrogen-bond donors (Lipinski definition) is 0. The number of esters is 1. The van der Waals surface area contributed by atoms with Crippen LogP contribution in [0, 0.1) is 0 Å². The van der Waals surface area contributed by atoms with E-state index in [0.717, 1.165) is 11.3 Å². The Morgan fingerprint density at radius 3 is 2.61 bits per heavy atom. The second-order valence-corrected chi connectivity index (χ2v) is 5.55. The number of carbonyl (C=O) groups excluding carboxylic acids is 1. The lowest BCUT2D eigenvalue weighted by molar-refractivity contribution is -0.137. The van der Waals surface area contributed by atoms with E-state index in [4.69, 9.17) is 4.74 Å². The largest absolute Gasteiger partial charge is 0.497 e. The van der Waals surface area contributed by atoms with Crippen molar-refractivity contribution in [3.63, 3.8) is 0 Å². The van der Waals surface area contributed by atoms with Crippen LogP contribution in [0.3, 0.4) is 0 Å². The summed E-state index contributed by atoms with van der Waals surface area (Å²) in [5.41, 5.74) is 1.51. The molecule has 118 valence electrons. The monoisotopic (exact) mass is 330 g/mol. The molecule has 0 saturated carbocycles. The molecule has 0 radical (unpaired) electrons. The molecular formula is C15H14N4O3S. The number of methoxy groups -OCH3 is 2. The van der Waals surface area contributed by atoms with Crippen LogP contribution in [0.15, 0.2) is 41.4 Å². The summed E-state index contributed by atoms with van der Waals surface area (Å²) in [6.07, 6.45) is 0. The number of ether oxygens (including phenoxy) is 2. The van der Waals surface area contributed by atoms with Crippen molar-refractivity contribution >= 4 is 23.4 Å². The standard InChI is InChI=1S/C15H14N4O3S/c1-21-11-5-3-10(4-6-11)15-17-16-12-7-8-13(18-19(12)15)23-9-14(20)22-2/h3-8H,9H2,1-2H3. The van der Waals surface area contributed by atoms with Crippen molar-refractivity contribution in [3.05, 3.63) is 36.4 Å². The zero-order valence-electron chi connectivity index (χ0n) is 12.6. The van der Waals surface area contributed by atoms with Gasteiger partial charge in [-0.2, -0.15) is 9.61 Å². The van der Waals surface area contributed by atoms with Gasteiger partial charge < -0.3 is 9.47 Å². The minimum absolute atomic E-state index is 0.203. The molecule has 0 saturated heterocycles. The fraction of sp³-hybridized carbons (Fsp3) is 0.200. The van der Waals surface area contributed by atoms with Gasteiger partial charge in [-0.1, -0.05) is 11.8 Å². The van der Waals surface area contributed by atoms with E-state index in [-0.39, 0.29) is 11.7 Å². The van der Waals surface area contributed by atoms with Crippen molar-refractivity contribution in [2.75, 3.05) is 20.0 Å². The van der Waals surface area contributed by atoms with E-state index < -0.39 is 0 Å². The fourth-order valence-corrected chi connectivity index (χ4v) is 2.65. The first-order valence-electron chi connectivity index (χ1n) is 6.78. The van der Waals surface area contributed by atoms with Gasteiger partial charge in [0, 0.05) is 5.56 Å². The molecule has 3 rings (SSSR count). The van der Waals surface area contributed by atoms with E-state index in [9.17, 15) is 4.79 Å². The molecule has 1 aromatic carbocycles. The zero-order chi connectivity index (χ0) is 16.2. The lowest BCUT2D eigenvalue weighted by atomic mass is 10.2. The van der Waals surface area contributed by atoms with Crippen molar-refractivity contribution in [3.8, 4) is 17.1 Å². The second kappa shape index (κ2) is 6.66. The van der Waals surface area contributed by atoms with Crippen molar-refractivity contribution in [1.29, 1.82) is 0 Å². The van der Waals surface area contributed by atoms with Crippen LogP contribution in [0.1, 0.15) is 0 Å². The molecule has 23 heavy (non-hydrogen) atoms. The van der Waals surface area contributed by atoms with Crippen LogP contribution in [0.4, 0.5) is 0 Å². The summed E-state index contributed by atoms with van der Waals surface area (Å²) >= 11 is 1.30. The van der Waals surface area contributed by atoms with Crippen molar-refractivity contribution in [2.24, 2.45) is 0 Å². The topological polar surface area (TPSA) is 78.6 Å². The molecule has 3 aromatic rings. The molecule has 0 amide bonds. The van der Waals surface area contributed by atoms with Crippen molar-refractivity contribution in [2.45, 2.75) is 5.03 Å². The molecule has 0 atom stereocenters. The molecule has 0 spiro atoms. The Morgan fingerprint density at radius 1 is 1.13 bits per heavy atom. The minimum Gasteiger partial charge on any atom is -0.497 e. The smallest absolute Gasteiger partial charge is 0.316 e. The molecule has 0 bridgehead atoms. The number of hydrogen-bond acceptors (Lipinski definition) is 7. The Bertz CT molecular complexity index is 832. The third-order valence-corrected chi connectivity index (χ3v) is 4.05. The van der Waals surface area contributed by atoms with Crippen LogP contribution in [0.25, 0.3) is 17.0 Å². The molecule has 0 aliphatic carbocycles.